The third-order valence-electron chi connectivity index (χ3n) is 4.99. The van der Waals surface area contributed by atoms with Gasteiger partial charge in [0.05, 0.1) is 17.0 Å². The molecule has 2 unspecified atom stereocenters. The first-order valence-corrected chi connectivity index (χ1v) is 13.3. The lowest BCUT2D eigenvalue weighted by Crippen LogP contribution is -2.18. The minimum Gasteiger partial charge on any atom is -0.491 e. The smallest absolute Gasteiger partial charge is 0.156 e. The Hall–Kier alpha value is -2.79. The lowest BCUT2D eigenvalue weighted by molar-refractivity contribution is -0.127. The van der Waals surface area contributed by atoms with Crippen molar-refractivity contribution in [2.24, 2.45) is 0 Å². The van der Waals surface area contributed by atoms with Gasteiger partial charge in [-0.3, -0.25) is 4.98 Å². The molecule has 1 fully saturated rings. The van der Waals surface area contributed by atoms with E-state index in [1.54, 1.807) is 6.20 Å². The number of hydrogen-bond acceptors (Lipinski definition) is 8. The summed E-state index contributed by atoms with van der Waals surface area (Å²) in [5.74, 6) is -0.222. The Morgan fingerprint density at radius 2 is 1.78 bits per heavy atom. The number of pyridine rings is 1. The maximum absolute atomic E-state index is 8.08. The minimum absolute atomic E-state index is 0.0233. The van der Waals surface area contributed by atoms with Gasteiger partial charge in [-0.2, -0.15) is 0 Å². The molecule has 0 aliphatic carbocycles. The fraction of sp³-hybridized carbons (Fsp3) is 0.444. The normalized spacial score (nSPS) is 16.7. The van der Waals surface area contributed by atoms with E-state index in [4.69, 9.17) is 25.4 Å². The number of nitrogens with two attached hydrogens (primary N) is 1. The molecule has 0 radical (unpaired) electrons. The number of rotatable bonds is 4. The molecule has 2 atom stereocenters. The zero-order chi connectivity index (χ0) is 27.6. The summed E-state index contributed by atoms with van der Waals surface area (Å²) in [6.07, 6.45) is 6.99. The molecule has 10 heteroatoms. The molecule has 0 amide bonds. The van der Waals surface area contributed by atoms with Crippen molar-refractivity contribution in [1.29, 1.82) is 0 Å². The van der Waals surface area contributed by atoms with Crippen molar-refractivity contribution in [3.63, 3.8) is 0 Å². The van der Waals surface area contributed by atoms with Crippen LogP contribution in [0.1, 0.15) is 60.6 Å². The molecule has 1 aliphatic heterocycles. The summed E-state index contributed by atoms with van der Waals surface area (Å²) in [5.41, 5.74) is 7.62. The van der Waals surface area contributed by atoms with Gasteiger partial charge in [0, 0.05) is 28.3 Å². The Morgan fingerprint density at radius 3 is 2.49 bits per heavy atom. The van der Waals surface area contributed by atoms with E-state index in [0.717, 1.165) is 45.0 Å². The second kappa shape index (κ2) is 14.2. The van der Waals surface area contributed by atoms with Gasteiger partial charge in [-0.25, -0.2) is 9.97 Å². The minimum atomic E-state index is -1.50. The van der Waals surface area contributed by atoms with Gasteiger partial charge in [-0.1, -0.05) is 27.7 Å². The maximum Gasteiger partial charge on any atom is 0.156 e. The van der Waals surface area contributed by atoms with Crippen molar-refractivity contribution in [1.82, 2.24) is 19.5 Å². The third-order valence-corrected chi connectivity index (χ3v) is 5.43. The molecule has 4 N–H and O–H groups in total. The van der Waals surface area contributed by atoms with Gasteiger partial charge in [0.2, 0.25) is 0 Å². The highest BCUT2D eigenvalue weighted by Crippen LogP contribution is 2.32. The fourth-order valence-electron chi connectivity index (χ4n) is 3.59. The number of halogens is 1. The van der Waals surface area contributed by atoms with Gasteiger partial charge in [0.25, 0.3) is 0 Å². The van der Waals surface area contributed by atoms with Gasteiger partial charge in [-0.15, -0.1) is 0 Å². The molecule has 1 saturated heterocycles. The van der Waals surface area contributed by atoms with Crippen LogP contribution < -0.4 is 10.5 Å². The molecule has 1 aromatic carbocycles. The standard InChI is InChI=1S/C20H18BrN5O2.C3H8O2.2C2H6/c21-13-7-12-1-2-14(8-17(12)23-9-13)27-10-15-3-4-18(28-15)26-6-5-16-19(22)24-11-25-20(16)26;1-3(2,4)5;2*1-2/h1-2,5-9,11,15,18H,3-4,10H2,(H2,22,24,25);4-5H,1-2H3;2*1-2H3. The first-order chi connectivity index (χ1) is 17.7. The summed E-state index contributed by atoms with van der Waals surface area (Å²) in [6, 6.07) is 9.89. The summed E-state index contributed by atoms with van der Waals surface area (Å²) in [6.45, 7) is 11.1. The molecule has 4 heterocycles. The van der Waals surface area contributed by atoms with Crippen molar-refractivity contribution >= 4 is 43.7 Å². The number of nitrogen functional groups attached to an aromatic ring is 1. The summed E-state index contributed by atoms with van der Waals surface area (Å²) in [4.78, 5) is 12.8. The highest BCUT2D eigenvalue weighted by atomic mass is 79.9. The fourth-order valence-corrected chi connectivity index (χ4v) is 3.94. The van der Waals surface area contributed by atoms with Gasteiger partial charge in [-0.05, 0) is 66.9 Å². The van der Waals surface area contributed by atoms with Crippen LogP contribution in [-0.4, -0.2) is 48.2 Å². The number of anilines is 1. The highest BCUT2D eigenvalue weighted by molar-refractivity contribution is 9.10. The van der Waals surface area contributed by atoms with E-state index in [0.29, 0.717) is 12.4 Å². The van der Waals surface area contributed by atoms with Crippen molar-refractivity contribution in [3.05, 3.63) is 53.5 Å². The molecule has 37 heavy (non-hydrogen) atoms. The van der Waals surface area contributed by atoms with E-state index in [-0.39, 0.29) is 12.3 Å². The molecular formula is C27H38BrN5O4. The van der Waals surface area contributed by atoms with Crippen LogP contribution in [-0.2, 0) is 4.74 Å². The topological polar surface area (TPSA) is 129 Å². The third kappa shape index (κ3) is 8.92. The summed E-state index contributed by atoms with van der Waals surface area (Å²) in [5, 5.41) is 18.1. The number of nitrogens with zero attached hydrogens (tertiary/aromatic N) is 4. The Balaban J connectivity index is 0.000000473. The number of ether oxygens (including phenoxy) is 2. The molecule has 202 valence electrons. The van der Waals surface area contributed by atoms with E-state index >= 15 is 0 Å². The Kier molecular flexibility index (Phi) is 11.7. The quantitative estimate of drug-likeness (QED) is 0.259. The number of aliphatic hydroxyl groups is 2. The van der Waals surface area contributed by atoms with Gasteiger partial charge in [0.15, 0.2) is 5.79 Å². The van der Waals surface area contributed by atoms with E-state index < -0.39 is 5.79 Å². The molecule has 4 aromatic rings. The predicted octanol–water partition coefficient (Wildman–Crippen LogP) is 5.84. The Labute approximate surface area is 226 Å². The second-order valence-electron chi connectivity index (χ2n) is 8.32. The SMILES string of the molecule is CC.CC.CC(C)(O)O.Nc1ncnc2c1ccn2C1CCC(COc2ccc3cc(Br)cnc3c2)O1. The summed E-state index contributed by atoms with van der Waals surface area (Å²) < 4.78 is 15.1. The van der Waals surface area contributed by atoms with Crippen molar-refractivity contribution in [2.75, 3.05) is 12.3 Å². The molecular weight excluding hydrogens is 538 g/mol. The van der Waals surface area contributed by atoms with Crippen LogP contribution in [0.2, 0.25) is 0 Å². The second-order valence-corrected chi connectivity index (χ2v) is 9.24. The van der Waals surface area contributed by atoms with Gasteiger partial charge in [0.1, 0.15) is 36.4 Å². The number of aromatic nitrogens is 4. The Morgan fingerprint density at radius 1 is 1.08 bits per heavy atom. The van der Waals surface area contributed by atoms with E-state index in [1.807, 2.05) is 68.8 Å². The summed E-state index contributed by atoms with van der Waals surface area (Å²) in [7, 11) is 0. The number of fused-ring (bicyclic) bond motifs is 2. The molecule has 1 aliphatic rings. The first kappa shape index (κ1) is 30.4. The van der Waals surface area contributed by atoms with E-state index in [9.17, 15) is 0 Å². The predicted molar refractivity (Wildman–Crippen MR) is 151 cm³/mol. The molecule has 0 spiro atoms. The summed E-state index contributed by atoms with van der Waals surface area (Å²) >= 11 is 3.44. The number of hydrogen-bond donors (Lipinski definition) is 3. The Bertz CT molecular complexity index is 1250. The molecule has 3 aromatic heterocycles. The van der Waals surface area contributed by atoms with Crippen LogP contribution in [0, 0.1) is 0 Å². The monoisotopic (exact) mass is 575 g/mol. The van der Waals surface area contributed by atoms with Crippen LogP contribution in [0.3, 0.4) is 0 Å². The highest BCUT2D eigenvalue weighted by Gasteiger charge is 2.28. The zero-order valence-corrected chi connectivity index (χ0v) is 23.9. The van der Waals surface area contributed by atoms with Crippen molar-refractivity contribution in [2.45, 2.75) is 72.5 Å². The van der Waals surface area contributed by atoms with Gasteiger partial charge >= 0.3 is 0 Å². The van der Waals surface area contributed by atoms with Crippen LogP contribution in [0.5, 0.6) is 5.75 Å². The number of benzene rings is 1. The van der Waals surface area contributed by atoms with Crippen LogP contribution in [0.25, 0.3) is 21.9 Å². The van der Waals surface area contributed by atoms with E-state index in [2.05, 4.69) is 30.9 Å². The van der Waals surface area contributed by atoms with Crippen molar-refractivity contribution in [3.8, 4) is 5.75 Å². The van der Waals surface area contributed by atoms with Crippen LogP contribution >= 0.6 is 15.9 Å². The van der Waals surface area contributed by atoms with Crippen molar-refractivity contribution < 1.29 is 19.7 Å². The largest absolute Gasteiger partial charge is 0.491 e. The first-order valence-electron chi connectivity index (χ1n) is 12.5. The zero-order valence-electron chi connectivity index (χ0n) is 22.3. The molecule has 5 rings (SSSR count). The average molecular weight is 577 g/mol. The lowest BCUT2D eigenvalue weighted by Gasteiger charge is -2.16. The molecule has 9 nitrogen and oxygen atoms in total. The van der Waals surface area contributed by atoms with E-state index in [1.165, 1.54) is 20.2 Å². The van der Waals surface area contributed by atoms with Gasteiger partial charge < -0.3 is 30.0 Å². The van der Waals surface area contributed by atoms with Crippen LogP contribution in [0.4, 0.5) is 5.82 Å². The van der Waals surface area contributed by atoms with Crippen LogP contribution in [0.15, 0.2) is 53.5 Å². The molecule has 0 bridgehead atoms. The average Bonchev–Trinajstić information content (AvgIpc) is 3.52. The molecule has 0 saturated carbocycles. The maximum atomic E-state index is 8.08. The lowest BCUT2D eigenvalue weighted by atomic mass is 10.2.